The largest absolute Gasteiger partial charge is 0.462 e. The SMILES string of the molecule is CCC(C)OC(=O)C1CC2CCC1C2. The number of rotatable bonds is 3. The van der Waals surface area contributed by atoms with Crippen LogP contribution in [0.25, 0.3) is 0 Å². The predicted octanol–water partition coefficient (Wildman–Crippen LogP) is 2.76. The van der Waals surface area contributed by atoms with Gasteiger partial charge in [-0.2, -0.15) is 0 Å². The lowest BCUT2D eigenvalue weighted by molar-refractivity contribution is -0.155. The second-order valence-electron chi connectivity index (χ2n) is 4.94. The highest BCUT2D eigenvalue weighted by Gasteiger charge is 2.44. The third-order valence-electron chi connectivity index (χ3n) is 3.93. The summed E-state index contributed by atoms with van der Waals surface area (Å²) in [5, 5.41) is 0. The van der Waals surface area contributed by atoms with Crippen molar-refractivity contribution in [2.24, 2.45) is 17.8 Å². The van der Waals surface area contributed by atoms with Crippen LogP contribution in [0.5, 0.6) is 0 Å². The molecule has 0 aromatic rings. The molecule has 0 saturated heterocycles. The Bertz CT molecular complexity index is 224. The zero-order valence-corrected chi connectivity index (χ0v) is 9.16. The van der Waals surface area contributed by atoms with Crippen LogP contribution in [0, 0.1) is 17.8 Å². The van der Waals surface area contributed by atoms with Crippen LogP contribution in [0.15, 0.2) is 0 Å². The zero-order valence-electron chi connectivity index (χ0n) is 9.16. The first kappa shape index (κ1) is 10.0. The number of carbonyl (C=O) groups is 1. The Balaban J connectivity index is 1.87. The topological polar surface area (TPSA) is 26.3 Å². The zero-order chi connectivity index (χ0) is 10.1. The molecule has 0 N–H and O–H groups in total. The first-order valence-electron chi connectivity index (χ1n) is 5.91. The summed E-state index contributed by atoms with van der Waals surface area (Å²) in [4.78, 5) is 11.8. The number of hydrogen-bond donors (Lipinski definition) is 0. The average molecular weight is 196 g/mol. The summed E-state index contributed by atoms with van der Waals surface area (Å²) >= 11 is 0. The predicted molar refractivity (Wildman–Crippen MR) is 54.8 cm³/mol. The van der Waals surface area contributed by atoms with Crippen molar-refractivity contribution in [3.8, 4) is 0 Å². The van der Waals surface area contributed by atoms with Crippen LogP contribution in [0.1, 0.15) is 46.0 Å². The van der Waals surface area contributed by atoms with Crippen molar-refractivity contribution >= 4 is 5.97 Å². The van der Waals surface area contributed by atoms with E-state index in [0.717, 1.165) is 18.8 Å². The summed E-state index contributed by atoms with van der Waals surface area (Å²) in [6.45, 7) is 4.03. The minimum Gasteiger partial charge on any atom is -0.462 e. The number of hydrogen-bond acceptors (Lipinski definition) is 2. The molecule has 4 atom stereocenters. The molecule has 0 radical (unpaired) electrons. The van der Waals surface area contributed by atoms with Gasteiger partial charge in [0, 0.05) is 0 Å². The lowest BCUT2D eigenvalue weighted by Gasteiger charge is -2.21. The van der Waals surface area contributed by atoms with Gasteiger partial charge in [0.1, 0.15) is 0 Å². The maximum atomic E-state index is 11.8. The van der Waals surface area contributed by atoms with E-state index in [-0.39, 0.29) is 18.0 Å². The highest BCUT2D eigenvalue weighted by Crippen LogP contribution is 2.48. The van der Waals surface area contributed by atoms with E-state index in [9.17, 15) is 4.79 Å². The fraction of sp³-hybridized carbons (Fsp3) is 0.917. The van der Waals surface area contributed by atoms with Crippen LogP contribution in [0.4, 0.5) is 0 Å². The van der Waals surface area contributed by atoms with E-state index in [0.29, 0.717) is 5.92 Å². The Hall–Kier alpha value is -0.530. The van der Waals surface area contributed by atoms with E-state index < -0.39 is 0 Å². The van der Waals surface area contributed by atoms with Crippen molar-refractivity contribution in [3.63, 3.8) is 0 Å². The summed E-state index contributed by atoms with van der Waals surface area (Å²) < 4.78 is 5.40. The van der Waals surface area contributed by atoms with Gasteiger partial charge >= 0.3 is 5.97 Å². The molecule has 0 aromatic carbocycles. The Morgan fingerprint density at radius 1 is 1.43 bits per heavy atom. The smallest absolute Gasteiger partial charge is 0.309 e. The Kier molecular flexibility index (Phi) is 2.80. The van der Waals surface area contributed by atoms with Crippen LogP contribution in [-0.4, -0.2) is 12.1 Å². The molecule has 0 amide bonds. The average Bonchev–Trinajstić information content (AvgIpc) is 2.78. The van der Waals surface area contributed by atoms with Crippen molar-refractivity contribution in [2.45, 2.75) is 52.1 Å². The second-order valence-corrected chi connectivity index (χ2v) is 4.94. The fourth-order valence-electron chi connectivity index (χ4n) is 2.90. The lowest BCUT2D eigenvalue weighted by Crippen LogP contribution is -2.26. The minimum atomic E-state index is 0.0755. The maximum absolute atomic E-state index is 11.8. The quantitative estimate of drug-likeness (QED) is 0.649. The lowest BCUT2D eigenvalue weighted by atomic mass is 9.89. The van der Waals surface area contributed by atoms with Gasteiger partial charge in [-0.05, 0) is 44.4 Å². The standard InChI is InChI=1S/C12H20O2/c1-3-8(2)14-12(13)11-7-9-4-5-10(11)6-9/h8-11H,3-7H2,1-2H3. The van der Waals surface area contributed by atoms with Gasteiger partial charge in [0.25, 0.3) is 0 Å². The normalized spacial score (nSPS) is 37.1. The Morgan fingerprint density at radius 3 is 2.71 bits per heavy atom. The van der Waals surface area contributed by atoms with Crippen LogP contribution in [0.2, 0.25) is 0 Å². The van der Waals surface area contributed by atoms with Crippen molar-refractivity contribution in [3.05, 3.63) is 0 Å². The molecule has 0 aromatic heterocycles. The number of fused-ring (bicyclic) bond motifs is 2. The van der Waals surface area contributed by atoms with Gasteiger partial charge in [-0.25, -0.2) is 0 Å². The van der Waals surface area contributed by atoms with Crippen LogP contribution >= 0.6 is 0 Å². The molecule has 2 rings (SSSR count). The molecule has 14 heavy (non-hydrogen) atoms. The van der Waals surface area contributed by atoms with E-state index in [2.05, 4.69) is 6.92 Å². The van der Waals surface area contributed by atoms with Gasteiger partial charge in [0.05, 0.1) is 12.0 Å². The molecule has 0 aliphatic heterocycles. The molecule has 4 unspecified atom stereocenters. The molecule has 80 valence electrons. The first-order chi connectivity index (χ1) is 6.70. The van der Waals surface area contributed by atoms with Gasteiger partial charge in [-0.1, -0.05) is 13.3 Å². The molecule has 0 spiro atoms. The Morgan fingerprint density at radius 2 is 2.21 bits per heavy atom. The van der Waals surface area contributed by atoms with E-state index in [4.69, 9.17) is 4.74 Å². The van der Waals surface area contributed by atoms with Crippen molar-refractivity contribution in [1.82, 2.24) is 0 Å². The number of carbonyl (C=O) groups excluding carboxylic acids is 1. The monoisotopic (exact) mass is 196 g/mol. The van der Waals surface area contributed by atoms with Crippen molar-refractivity contribution < 1.29 is 9.53 Å². The third-order valence-corrected chi connectivity index (χ3v) is 3.93. The molecule has 2 aliphatic carbocycles. The van der Waals surface area contributed by atoms with E-state index in [1.54, 1.807) is 0 Å². The molecule has 0 heterocycles. The van der Waals surface area contributed by atoms with E-state index >= 15 is 0 Å². The number of esters is 1. The highest BCUT2D eigenvalue weighted by atomic mass is 16.5. The van der Waals surface area contributed by atoms with Crippen LogP contribution in [0.3, 0.4) is 0 Å². The van der Waals surface area contributed by atoms with Gasteiger partial charge in [-0.15, -0.1) is 0 Å². The molecular formula is C12H20O2. The van der Waals surface area contributed by atoms with Crippen LogP contribution in [-0.2, 0) is 9.53 Å². The molecule has 2 fully saturated rings. The maximum Gasteiger partial charge on any atom is 0.309 e. The molecule has 2 nitrogen and oxygen atoms in total. The molecule has 2 bridgehead atoms. The van der Waals surface area contributed by atoms with E-state index in [1.165, 1.54) is 19.3 Å². The van der Waals surface area contributed by atoms with Crippen molar-refractivity contribution in [2.75, 3.05) is 0 Å². The third kappa shape index (κ3) is 1.79. The van der Waals surface area contributed by atoms with Gasteiger partial charge in [0.15, 0.2) is 0 Å². The summed E-state index contributed by atoms with van der Waals surface area (Å²) in [5.41, 5.74) is 0. The molecule has 2 heteroatoms. The summed E-state index contributed by atoms with van der Waals surface area (Å²) in [6.07, 6.45) is 6.00. The van der Waals surface area contributed by atoms with Crippen molar-refractivity contribution in [1.29, 1.82) is 0 Å². The highest BCUT2D eigenvalue weighted by molar-refractivity contribution is 5.73. The van der Waals surface area contributed by atoms with Gasteiger partial charge in [-0.3, -0.25) is 4.79 Å². The summed E-state index contributed by atoms with van der Waals surface area (Å²) in [6, 6.07) is 0. The second kappa shape index (κ2) is 3.92. The van der Waals surface area contributed by atoms with Crippen LogP contribution < -0.4 is 0 Å². The fourth-order valence-corrected chi connectivity index (χ4v) is 2.90. The number of ether oxygens (including phenoxy) is 1. The summed E-state index contributed by atoms with van der Waals surface area (Å²) in [7, 11) is 0. The van der Waals surface area contributed by atoms with E-state index in [1.807, 2.05) is 6.92 Å². The molecule has 2 aliphatic rings. The first-order valence-corrected chi connectivity index (χ1v) is 5.91. The Labute approximate surface area is 86.0 Å². The molecular weight excluding hydrogens is 176 g/mol. The molecule has 2 saturated carbocycles. The van der Waals surface area contributed by atoms with Gasteiger partial charge in [0.2, 0.25) is 0 Å². The minimum absolute atomic E-state index is 0.0755. The van der Waals surface area contributed by atoms with Gasteiger partial charge < -0.3 is 4.74 Å². The summed E-state index contributed by atoms with van der Waals surface area (Å²) in [5.74, 6) is 1.79.